The summed E-state index contributed by atoms with van der Waals surface area (Å²) in [5.74, 6) is 0.755. The maximum Gasteiger partial charge on any atom is 0.247 e. The standard InChI is InChI=1S/C21H18N6O/c28-20(11-10-15-14-22-16-6-1-2-7-17(16)23-15)26-13-5-8-18(26)21-25-24-19-9-3-4-12-27(19)21/h1-4,6-7,9-12,14,18H,5,8,13H2/b11-10-/t18-/m1/s1. The number of fused-ring (bicyclic) bond motifs is 2. The van der Waals surface area contributed by atoms with E-state index in [0.717, 1.165) is 35.3 Å². The molecule has 7 nitrogen and oxygen atoms in total. The van der Waals surface area contributed by atoms with Gasteiger partial charge >= 0.3 is 0 Å². The van der Waals surface area contributed by atoms with Gasteiger partial charge in [0.25, 0.3) is 0 Å². The van der Waals surface area contributed by atoms with Crippen molar-refractivity contribution in [3.05, 3.63) is 72.5 Å². The Morgan fingerprint density at radius 1 is 1.07 bits per heavy atom. The lowest BCUT2D eigenvalue weighted by molar-refractivity contribution is -0.127. The minimum Gasteiger partial charge on any atom is -0.329 e. The molecule has 4 heterocycles. The second-order valence-corrected chi connectivity index (χ2v) is 6.79. The van der Waals surface area contributed by atoms with Gasteiger partial charge < -0.3 is 4.90 Å². The molecule has 5 rings (SSSR count). The maximum atomic E-state index is 12.9. The monoisotopic (exact) mass is 370 g/mol. The fraction of sp³-hybridized carbons (Fsp3) is 0.190. The van der Waals surface area contributed by atoms with Crippen LogP contribution in [0.4, 0.5) is 0 Å². The fourth-order valence-electron chi connectivity index (χ4n) is 3.69. The lowest BCUT2D eigenvalue weighted by atomic mass is 10.2. The molecule has 0 radical (unpaired) electrons. The van der Waals surface area contributed by atoms with Gasteiger partial charge in [-0.2, -0.15) is 0 Å². The Morgan fingerprint density at radius 3 is 2.86 bits per heavy atom. The van der Waals surface area contributed by atoms with Crippen LogP contribution in [0.3, 0.4) is 0 Å². The first-order valence-corrected chi connectivity index (χ1v) is 9.30. The van der Waals surface area contributed by atoms with Gasteiger partial charge in [-0.1, -0.05) is 18.2 Å². The number of hydrogen-bond acceptors (Lipinski definition) is 5. The molecule has 1 fully saturated rings. The number of para-hydroxylation sites is 2. The zero-order chi connectivity index (χ0) is 18.9. The molecule has 0 saturated carbocycles. The summed E-state index contributed by atoms with van der Waals surface area (Å²) in [4.78, 5) is 23.6. The second kappa shape index (κ2) is 6.84. The van der Waals surface area contributed by atoms with Crippen molar-refractivity contribution >= 4 is 28.7 Å². The highest BCUT2D eigenvalue weighted by atomic mass is 16.2. The van der Waals surface area contributed by atoms with E-state index in [0.29, 0.717) is 12.2 Å². The molecule has 1 atom stereocenters. The molecule has 1 aliphatic rings. The van der Waals surface area contributed by atoms with Gasteiger partial charge in [-0.15, -0.1) is 10.2 Å². The van der Waals surface area contributed by atoms with Gasteiger partial charge in [-0.05, 0) is 43.2 Å². The summed E-state index contributed by atoms with van der Waals surface area (Å²) in [6.07, 6.45) is 8.73. The average molecular weight is 370 g/mol. The lowest BCUT2D eigenvalue weighted by Crippen LogP contribution is -2.30. The Balaban J connectivity index is 1.39. The SMILES string of the molecule is O=C(/C=C\c1cnc2ccccc2n1)N1CCC[C@@H]1c1nnc2ccccn12. The molecule has 4 aromatic rings. The van der Waals surface area contributed by atoms with Crippen molar-refractivity contribution in [2.24, 2.45) is 0 Å². The summed E-state index contributed by atoms with van der Waals surface area (Å²) in [5.41, 5.74) is 3.10. The molecular weight excluding hydrogens is 352 g/mol. The largest absolute Gasteiger partial charge is 0.329 e. The van der Waals surface area contributed by atoms with E-state index in [1.165, 1.54) is 0 Å². The van der Waals surface area contributed by atoms with Crippen molar-refractivity contribution in [3.63, 3.8) is 0 Å². The van der Waals surface area contributed by atoms with Crippen molar-refractivity contribution < 1.29 is 4.79 Å². The van der Waals surface area contributed by atoms with E-state index in [9.17, 15) is 4.79 Å². The number of pyridine rings is 1. The average Bonchev–Trinajstić information content (AvgIpc) is 3.38. The minimum atomic E-state index is -0.0720. The van der Waals surface area contributed by atoms with Crippen LogP contribution >= 0.6 is 0 Å². The Hall–Kier alpha value is -3.61. The summed E-state index contributed by atoms with van der Waals surface area (Å²) in [5, 5.41) is 8.55. The van der Waals surface area contributed by atoms with Crippen molar-refractivity contribution in [1.29, 1.82) is 0 Å². The van der Waals surface area contributed by atoms with Crippen LogP contribution in [0.25, 0.3) is 22.8 Å². The van der Waals surface area contributed by atoms with Crippen molar-refractivity contribution in [2.75, 3.05) is 6.54 Å². The fourth-order valence-corrected chi connectivity index (χ4v) is 3.69. The molecule has 0 N–H and O–H groups in total. The number of carbonyl (C=O) groups is 1. The van der Waals surface area contributed by atoms with E-state index in [1.54, 1.807) is 18.3 Å². The number of carbonyl (C=O) groups excluding carboxylic acids is 1. The van der Waals surface area contributed by atoms with Gasteiger partial charge in [0.1, 0.15) is 0 Å². The van der Waals surface area contributed by atoms with Crippen molar-refractivity contribution in [1.82, 2.24) is 29.5 Å². The molecular formula is C21H18N6O. The highest BCUT2D eigenvalue weighted by Crippen LogP contribution is 2.31. The first kappa shape index (κ1) is 16.6. The van der Waals surface area contributed by atoms with E-state index >= 15 is 0 Å². The lowest BCUT2D eigenvalue weighted by Gasteiger charge is -2.22. The molecule has 1 aromatic carbocycles. The molecule has 3 aromatic heterocycles. The molecule has 0 aliphatic carbocycles. The van der Waals surface area contributed by atoms with E-state index in [2.05, 4.69) is 20.2 Å². The predicted molar refractivity (Wildman–Crippen MR) is 105 cm³/mol. The van der Waals surface area contributed by atoms with Crippen LogP contribution in [-0.4, -0.2) is 41.9 Å². The Labute approximate surface area is 161 Å². The number of nitrogens with zero attached hydrogens (tertiary/aromatic N) is 6. The number of hydrogen-bond donors (Lipinski definition) is 0. The molecule has 28 heavy (non-hydrogen) atoms. The Bertz CT molecular complexity index is 1200. The summed E-state index contributed by atoms with van der Waals surface area (Å²) < 4.78 is 1.95. The molecule has 0 bridgehead atoms. The highest BCUT2D eigenvalue weighted by molar-refractivity contribution is 5.92. The van der Waals surface area contributed by atoms with Gasteiger partial charge in [0.15, 0.2) is 11.5 Å². The van der Waals surface area contributed by atoms with E-state index in [-0.39, 0.29) is 11.9 Å². The molecule has 0 spiro atoms. The normalized spacial score (nSPS) is 17.1. The van der Waals surface area contributed by atoms with E-state index < -0.39 is 0 Å². The maximum absolute atomic E-state index is 12.9. The number of aromatic nitrogens is 5. The second-order valence-electron chi connectivity index (χ2n) is 6.79. The van der Waals surface area contributed by atoms with Crippen LogP contribution in [0.5, 0.6) is 0 Å². The molecule has 1 saturated heterocycles. The number of rotatable bonds is 3. The van der Waals surface area contributed by atoms with Crippen LogP contribution in [0.1, 0.15) is 30.4 Å². The van der Waals surface area contributed by atoms with Gasteiger partial charge in [0.2, 0.25) is 5.91 Å². The summed E-state index contributed by atoms with van der Waals surface area (Å²) in [7, 11) is 0. The first-order valence-electron chi connectivity index (χ1n) is 9.30. The van der Waals surface area contributed by atoms with Crippen LogP contribution in [-0.2, 0) is 4.79 Å². The highest BCUT2D eigenvalue weighted by Gasteiger charge is 2.32. The number of likely N-dealkylation sites (tertiary alicyclic amines) is 1. The third-order valence-electron chi connectivity index (χ3n) is 5.04. The summed E-state index contributed by atoms with van der Waals surface area (Å²) in [6.45, 7) is 0.707. The first-order chi connectivity index (χ1) is 13.8. The van der Waals surface area contributed by atoms with Gasteiger partial charge in [0, 0.05) is 18.8 Å². The number of benzene rings is 1. The predicted octanol–water partition coefficient (Wildman–Crippen LogP) is 3.05. The topological polar surface area (TPSA) is 76.3 Å². The third kappa shape index (κ3) is 2.90. The van der Waals surface area contributed by atoms with Crippen LogP contribution < -0.4 is 0 Å². The van der Waals surface area contributed by atoms with Crippen LogP contribution in [0.15, 0.2) is 60.9 Å². The zero-order valence-electron chi connectivity index (χ0n) is 15.1. The smallest absolute Gasteiger partial charge is 0.247 e. The third-order valence-corrected chi connectivity index (χ3v) is 5.04. The van der Waals surface area contributed by atoms with Crippen molar-refractivity contribution in [2.45, 2.75) is 18.9 Å². The zero-order valence-corrected chi connectivity index (χ0v) is 15.1. The summed E-state index contributed by atoms with van der Waals surface area (Å²) in [6, 6.07) is 13.4. The molecule has 138 valence electrons. The molecule has 0 unspecified atom stereocenters. The summed E-state index contributed by atoms with van der Waals surface area (Å²) >= 11 is 0. The number of amides is 1. The Kier molecular flexibility index (Phi) is 4.05. The van der Waals surface area contributed by atoms with Crippen molar-refractivity contribution in [3.8, 4) is 0 Å². The van der Waals surface area contributed by atoms with Gasteiger partial charge in [0.05, 0.1) is 29.0 Å². The Morgan fingerprint density at radius 2 is 1.93 bits per heavy atom. The van der Waals surface area contributed by atoms with E-state index in [1.807, 2.05) is 58.0 Å². The quantitative estimate of drug-likeness (QED) is 0.518. The van der Waals surface area contributed by atoms with Gasteiger partial charge in [-0.3, -0.25) is 14.2 Å². The molecule has 1 aliphatic heterocycles. The van der Waals surface area contributed by atoms with E-state index in [4.69, 9.17) is 0 Å². The van der Waals surface area contributed by atoms with Crippen LogP contribution in [0, 0.1) is 0 Å². The molecule has 1 amide bonds. The minimum absolute atomic E-state index is 0.0508. The van der Waals surface area contributed by atoms with Gasteiger partial charge in [-0.25, -0.2) is 4.98 Å². The van der Waals surface area contributed by atoms with Crippen LogP contribution in [0.2, 0.25) is 0 Å². The molecule has 7 heteroatoms.